The molecular weight excluding hydrogens is 382 g/mol. The first-order chi connectivity index (χ1) is 13.7. The standard InChI is InChI=1S/C23H21N3S2/c1-16-7-12-20-21(15-16)28-22(26-20)18-8-10-19(11-9-18)25-23(27)24-14-13-17-5-3-2-4-6-17/h2-12,15H,13-14H2,1H3,(H2,24,25,27). The van der Waals surface area contributed by atoms with Crippen molar-refractivity contribution in [1.82, 2.24) is 10.3 Å². The zero-order chi connectivity index (χ0) is 19.3. The fourth-order valence-electron chi connectivity index (χ4n) is 2.99. The van der Waals surface area contributed by atoms with Crippen LogP contribution < -0.4 is 10.6 Å². The Morgan fingerprint density at radius 2 is 1.79 bits per heavy atom. The third-order valence-corrected chi connectivity index (χ3v) is 5.79. The maximum absolute atomic E-state index is 5.40. The van der Waals surface area contributed by atoms with Gasteiger partial charge in [-0.25, -0.2) is 4.98 Å². The molecule has 4 aromatic rings. The summed E-state index contributed by atoms with van der Waals surface area (Å²) in [7, 11) is 0. The number of thiocarbonyl (C=S) groups is 1. The van der Waals surface area contributed by atoms with Crippen LogP contribution in [0.1, 0.15) is 11.1 Å². The van der Waals surface area contributed by atoms with Crippen LogP contribution in [0.25, 0.3) is 20.8 Å². The number of anilines is 1. The van der Waals surface area contributed by atoms with E-state index in [9.17, 15) is 0 Å². The van der Waals surface area contributed by atoms with Gasteiger partial charge in [0.2, 0.25) is 0 Å². The molecule has 0 atom stereocenters. The normalized spacial score (nSPS) is 10.8. The topological polar surface area (TPSA) is 37.0 Å². The molecule has 3 nitrogen and oxygen atoms in total. The van der Waals surface area contributed by atoms with Gasteiger partial charge in [0.15, 0.2) is 5.11 Å². The van der Waals surface area contributed by atoms with E-state index in [1.54, 1.807) is 11.3 Å². The van der Waals surface area contributed by atoms with Crippen LogP contribution in [0, 0.1) is 6.92 Å². The lowest BCUT2D eigenvalue weighted by Gasteiger charge is -2.11. The molecule has 28 heavy (non-hydrogen) atoms. The highest BCUT2D eigenvalue weighted by Crippen LogP contribution is 2.31. The van der Waals surface area contributed by atoms with E-state index in [0.717, 1.165) is 34.7 Å². The Balaban J connectivity index is 1.35. The largest absolute Gasteiger partial charge is 0.362 e. The molecule has 0 aliphatic rings. The molecule has 140 valence electrons. The molecule has 1 aromatic heterocycles. The lowest BCUT2D eigenvalue weighted by atomic mass is 10.1. The van der Waals surface area contributed by atoms with Gasteiger partial charge in [0.05, 0.1) is 10.2 Å². The Morgan fingerprint density at radius 1 is 1.00 bits per heavy atom. The van der Waals surface area contributed by atoms with Crippen LogP contribution in [0.4, 0.5) is 5.69 Å². The molecular formula is C23H21N3S2. The smallest absolute Gasteiger partial charge is 0.170 e. The van der Waals surface area contributed by atoms with Crippen molar-refractivity contribution in [2.75, 3.05) is 11.9 Å². The Morgan fingerprint density at radius 3 is 2.57 bits per heavy atom. The molecule has 0 aliphatic carbocycles. The Kier molecular flexibility index (Phi) is 5.65. The molecule has 0 saturated carbocycles. The Bertz CT molecular complexity index is 1090. The van der Waals surface area contributed by atoms with Crippen molar-refractivity contribution >= 4 is 44.6 Å². The van der Waals surface area contributed by atoms with E-state index in [1.807, 2.05) is 18.2 Å². The van der Waals surface area contributed by atoms with Gasteiger partial charge >= 0.3 is 0 Å². The minimum absolute atomic E-state index is 0.638. The van der Waals surface area contributed by atoms with Gasteiger partial charge in [-0.3, -0.25) is 0 Å². The molecule has 3 aromatic carbocycles. The van der Waals surface area contributed by atoms with E-state index in [0.29, 0.717) is 5.11 Å². The molecule has 0 saturated heterocycles. The third kappa shape index (κ3) is 4.55. The van der Waals surface area contributed by atoms with Gasteiger partial charge in [0.1, 0.15) is 5.01 Å². The van der Waals surface area contributed by atoms with E-state index >= 15 is 0 Å². The van der Waals surface area contributed by atoms with Crippen molar-refractivity contribution < 1.29 is 0 Å². The number of hydrogen-bond donors (Lipinski definition) is 2. The number of fused-ring (bicyclic) bond motifs is 1. The zero-order valence-corrected chi connectivity index (χ0v) is 17.2. The number of rotatable bonds is 5. The molecule has 5 heteroatoms. The molecule has 0 fully saturated rings. The van der Waals surface area contributed by atoms with E-state index in [4.69, 9.17) is 17.2 Å². The number of aryl methyl sites for hydroxylation is 1. The van der Waals surface area contributed by atoms with E-state index in [-0.39, 0.29) is 0 Å². The fraction of sp³-hybridized carbons (Fsp3) is 0.130. The van der Waals surface area contributed by atoms with Crippen LogP contribution >= 0.6 is 23.6 Å². The van der Waals surface area contributed by atoms with Crippen molar-refractivity contribution in [3.05, 3.63) is 83.9 Å². The highest BCUT2D eigenvalue weighted by atomic mass is 32.1. The second-order valence-corrected chi connectivity index (χ2v) is 8.12. The monoisotopic (exact) mass is 403 g/mol. The van der Waals surface area contributed by atoms with Crippen molar-refractivity contribution in [2.24, 2.45) is 0 Å². The summed E-state index contributed by atoms with van der Waals surface area (Å²) in [5.74, 6) is 0. The molecule has 0 bridgehead atoms. The quantitative estimate of drug-likeness (QED) is 0.413. The Hall–Kier alpha value is -2.76. The van der Waals surface area contributed by atoms with Crippen molar-refractivity contribution in [3.8, 4) is 10.6 Å². The number of nitrogens with one attached hydrogen (secondary N) is 2. The molecule has 4 rings (SSSR count). The molecule has 2 N–H and O–H groups in total. The van der Waals surface area contributed by atoms with Crippen molar-refractivity contribution in [3.63, 3.8) is 0 Å². The summed E-state index contributed by atoms with van der Waals surface area (Å²) < 4.78 is 1.22. The minimum atomic E-state index is 0.638. The lowest BCUT2D eigenvalue weighted by Crippen LogP contribution is -2.30. The van der Waals surface area contributed by atoms with Crippen molar-refractivity contribution in [2.45, 2.75) is 13.3 Å². The van der Waals surface area contributed by atoms with Crippen LogP contribution in [0.2, 0.25) is 0 Å². The number of thiazole rings is 1. The van der Waals surface area contributed by atoms with Gasteiger partial charge in [-0.2, -0.15) is 0 Å². The zero-order valence-electron chi connectivity index (χ0n) is 15.6. The van der Waals surface area contributed by atoms with Crippen LogP contribution in [-0.2, 0) is 6.42 Å². The summed E-state index contributed by atoms with van der Waals surface area (Å²) in [5.41, 5.74) is 5.70. The van der Waals surface area contributed by atoms with Crippen LogP contribution in [0.15, 0.2) is 72.8 Å². The minimum Gasteiger partial charge on any atom is -0.362 e. The molecule has 0 unspecified atom stereocenters. The Labute approximate surface area is 174 Å². The summed E-state index contributed by atoms with van der Waals surface area (Å²) in [4.78, 5) is 4.74. The van der Waals surface area contributed by atoms with E-state index in [2.05, 4.69) is 72.2 Å². The summed E-state index contributed by atoms with van der Waals surface area (Å²) in [6.07, 6.45) is 0.943. The van der Waals surface area contributed by atoms with Gasteiger partial charge in [-0.15, -0.1) is 11.3 Å². The van der Waals surface area contributed by atoms with Gasteiger partial charge in [-0.1, -0.05) is 36.4 Å². The maximum atomic E-state index is 5.40. The third-order valence-electron chi connectivity index (χ3n) is 4.48. The fourth-order valence-corrected chi connectivity index (χ4v) is 4.28. The second kappa shape index (κ2) is 8.50. The van der Waals surface area contributed by atoms with Gasteiger partial charge in [0.25, 0.3) is 0 Å². The van der Waals surface area contributed by atoms with E-state index < -0.39 is 0 Å². The van der Waals surface area contributed by atoms with Crippen LogP contribution in [-0.4, -0.2) is 16.6 Å². The van der Waals surface area contributed by atoms with Gasteiger partial charge in [-0.05, 0) is 73.1 Å². The second-order valence-electron chi connectivity index (χ2n) is 6.68. The number of aromatic nitrogens is 1. The molecule has 0 amide bonds. The van der Waals surface area contributed by atoms with Gasteiger partial charge in [0, 0.05) is 17.8 Å². The summed E-state index contributed by atoms with van der Waals surface area (Å²) in [6.45, 7) is 2.91. The van der Waals surface area contributed by atoms with Gasteiger partial charge < -0.3 is 10.6 Å². The molecule has 0 radical (unpaired) electrons. The summed E-state index contributed by atoms with van der Waals surface area (Å²) >= 11 is 7.12. The highest BCUT2D eigenvalue weighted by molar-refractivity contribution is 7.80. The summed E-state index contributed by atoms with van der Waals surface area (Å²) in [5, 5.41) is 8.18. The first-order valence-electron chi connectivity index (χ1n) is 9.24. The first-order valence-corrected chi connectivity index (χ1v) is 10.5. The SMILES string of the molecule is Cc1ccc2nc(-c3ccc(NC(=S)NCCc4ccccc4)cc3)sc2c1. The molecule has 1 heterocycles. The number of nitrogens with zero attached hydrogens (tertiary/aromatic N) is 1. The number of hydrogen-bond acceptors (Lipinski definition) is 3. The average molecular weight is 404 g/mol. The lowest BCUT2D eigenvalue weighted by molar-refractivity contribution is 0.873. The maximum Gasteiger partial charge on any atom is 0.170 e. The summed E-state index contributed by atoms with van der Waals surface area (Å²) in [6, 6.07) is 25.0. The molecule has 0 aliphatic heterocycles. The predicted octanol–water partition coefficient (Wildman–Crippen LogP) is 5.80. The van der Waals surface area contributed by atoms with Crippen LogP contribution in [0.3, 0.4) is 0 Å². The van der Waals surface area contributed by atoms with E-state index in [1.165, 1.54) is 15.8 Å². The van der Waals surface area contributed by atoms with Crippen LogP contribution in [0.5, 0.6) is 0 Å². The number of benzene rings is 3. The average Bonchev–Trinajstić information content (AvgIpc) is 3.12. The van der Waals surface area contributed by atoms with Crippen molar-refractivity contribution in [1.29, 1.82) is 0 Å². The highest BCUT2D eigenvalue weighted by Gasteiger charge is 2.07. The predicted molar refractivity (Wildman–Crippen MR) is 124 cm³/mol. The first kappa shape index (κ1) is 18.6. The molecule has 0 spiro atoms.